The molecule has 0 saturated heterocycles. The zero-order valence-electron chi connectivity index (χ0n) is 12.8. The normalized spacial score (nSPS) is 27.4. The zero-order chi connectivity index (χ0) is 17.7. The van der Waals surface area contributed by atoms with Crippen LogP contribution in [0.15, 0.2) is 35.9 Å². The van der Waals surface area contributed by atoms with Gasteiger partial charge in [0.15, 0.2) is 0 Å². The smallest absolute Gasteiger partial charge is 0.345 e. The van der Waals surface area contributed by atoms with Crippen molar-refractivity contribution in [1.82, 2.24) is 5.32 Å². The lowest BCUT2D eigenvalue weighted by Gasteiger charge is -2.35. The topological polar surface area (TPSA) is 82.0 Å². The van der Waals surface area contributed by atoms with Gasteiger partial charge in [0, 0.05) is 0 Å². The van der Waals surface area contributed by atoms with E-state index in [0.717, 1.165) is 5.56 Å². The lowest BCUT2D eigenvalue weighted by Crippen LogP contribution is -2.54. The van der Waals surface area contributed by atoms with Crippen molar-refractivity contribution in [3.05, 3.63) is 47.3 Å². The summed E-state index contributed by atoms with van der Waals surface area (Å²) in [6.07, 6.45) is -2.33. The van der Waals surface area contributed by atoms with Crippen molar-refractivity contribution in [2.75, 3.05) is 13.2 Å². The van der Waals surface area contributed by atoms with Gasteiger partial charge in [0.05, 0.1) is 12.6 Å². The van der Waals surface area contributed by atoms with Crippen molar-refractivity contribution in [2.45, 2.75) is 37.4 Å². The van der Waals surface area contributed by atoms with Crippen LogP contribution in [0, 0.1) is 5.82 Å². The van der Waals surface area contributed by atoms with E-state index < -0.39 is 37.6 Å². The monoisotopic (exact) mass is 347 g/mol. The first-order valence-electron chi connectivity index (χ1n) is 7.51. The van der Waals surface area contributed by atoms with Crippen molar-refractivity contribution in [3.63, 3.8) is 0 Å². The molecular formula is C16H20F3NO4. The number of hydrogen-bond donors (Lipinski definition) is 4. The highest BCUT2D eigenvalue weighted by Gasteiger charge is 2.37. The molecule has 1 aromatic rings. The van der Waals surface area contributed by atoms with Crippen LogP contribution < -0.4 is 5.32 Å². The van der Waals surface area contributed by atoms with Gasteiger partial charge in [-0.05, 0) is 36.2 Å². The van der Waals surface area contributed by atoms with Crippen LogP contribution in [0.2, 0.25) is 0 Å². The maximum absolute atomic E-state index is 12.8. The molecule has 24 heavy (non-hydrogen) atoms. The van der Waals surface area contributed by atoms with E-state index in [0.29, 0.717) is 13.0 Å². The predicted molar refractivity (Wildman–Crippen MR) is 80.0 cm³/mol. The molecule has 1 aliphatic carbocycles. The van der Waals surface area contributed by atoms with Crippen molar-refractivity contribution >= 4 is 0 Å². The number of aliphatic hydroxyl groups is 3. The van der Waals surface area contributed by atoms with Crippen LogP contribution in [-0.4, -0.2) is 59.4 Å². The lowest BCUT2D eigenvalue weighted by atomic mass is 9.88. The van der Waals surface area contributed by atoms with Crippen molar-refractivity contribution in [1.29, 1.82) is 0 Å². The van der Waals surface area contributed by atoms with Gasteiger partial charge in [-0.2, -0.15) is 8.78 Å². The van der Waals surface area contributed by atoms with Gasteiger partial charge in [0.25, 0.3) is 0 Å². The molecule has 4 atom stereocenters. The molecular weight excluding hydrogens is 327 g/mol. The summed E-state index contributed by atoms with van der Waals surface area (Å²) in [4.78, 5) is 0. The summed E-state index contributed by atoms with van der Waals surface area (Å²) < 4.78 is 41.2. The summed E-state index contributed by atoms with van der Waals surface area (Å²) >= 11 is 0. The lowest BCUT2D eigenvalue weighted by molar-refractivity contribution is -0.129. The second-order valence-corrected chi connectivity index (χ2v) is 5.60. The maximum atomic E-state index is 12.8. The van der Waals surface area contributed by atoms with Crippen molar-refractivity contribution in [2.24, 2.45) is 0 Å². The number of nitrogens with one attached hydrogen (secondary N) is 1. The van der Waals surface area contributed by atoms with E-state index in [1.807, 2.05) is 0 Å². The van der Waals surface area contributed by atoms with Gasteiger partial charge >= 0.3 is 6.61 Å². The molecule has 0 bridgehead atoms. The Morgan fingerprint density at radius 1 is 1.08 bits per heavy atom. The minimum absolute atomic E-state index is 0.0763. The molecule has 0 spiro atoms. The van der Waals surface area contributed by atoms with E-state index in [2.05, 4.69) is 10.1 Å². The van der Waals surface area contributed by atoms with Crippen molar-refractivity contribution in [3.8, 4) is 0 Å². The Morgan fingerprint density at radius 2 is 1.75 bits per heavy atom. The molecule has 0 aromatic heterocycles. The summed E-state index contributed by atoms with van der Waals surface area (Å²) in [7, 11) is 0. The summed E-state index contributed by atoms with van der Waals surface area (Å²) in [5.41, 5.74) is 0.951. The highest BCUT2D eigenvalue weighted by atomic mass is 19.3. The number of ether oxygens (including phenoxy) is 1. The minimum Gasteiger partial charge on any atom is -0.388 e. The average molecular weight is 347 g/mol. The maximum Gasteiger partial charge on any atom is 0.345 e. The fourth-order valence-corrected chi connectivity index (χ4v) is 2.55. The van der Waals surface area contributed by atoms with E-state index in [1.165, 1.54) is 18.2 Å². The highest BCUT2D eigenvalue weighted by molar-refractivity contribution is 5.22. The average Bonchev–Trinajstić information content (AvgIpc) is 2.55. The molecule has 134 valence electrons. The Morgan fingerprint density at radius 3 is 2.38 bits per heavy atom. The minimum atomic E-state index is -2.99. The first-order valence-corrected chi connectivity index (χ1v) is 7.51. The van der Waals surface area contributed by atoms with Gasteiger partial charge in [0.1, 0.15) is 24.1 Å². The first-order chi connectivity index (χ1) is 11.4. The second kappa shape index (κ2) is 8.59. The molecule has 0 fully saturated rings. The summed E-state index contributed by atoms with van der Waals surface area (Å²) in [6, 6.07) is 5.21. The fraction of sp³-hybridized carbons (Fsp3) is 0.500. The van der Waals surface area contributed by atoms with E-state index in [9.17, 15) is 28.5 Å². The van der Waals surface area contributed by atoms with Gasteiger partial charge in [-0.25, -0.2) is 4.39 Å². The Labute approximate surface area is 137 Å². The third-order valence-corrected chi connectivity index (χ3v) is 3.90. The van der Waals surface area contributed by atoms with E-state index >= 15 is 0 Å². The summed E-state index contributed by atoms with van der Waals surface area (Å²) in [5, 5.41) is 32.6. The predicted octanol–water partition coefficient (Wildman–Crippen LogP) is 0.588. The van der Waals surface area contributed by atoms with Gasteiger partial charge in [0.2, 0.25) is 0 Å². The van der Waals surface area contributed by atoms with Gasteiger partial charge < -0.3 is 25.4 Å². The summed E-state index contributed by atoms with van der Waals surface area (Å²) in [6.45, 7) is -3.14. The quantitative estimate of drug-likeness (QED) is 0.543. The van der Waals surface area contributed by atoms with Crippen LogP contribution in [0.3, 0.4) is 0 Å². The molecule has 2 rings (SSSR count). The molecule has 0 unspecified atom stereocenters. The summed E-state index contributed by atoms with van der Waals surface area (Å²) in [5.74, 6) is -0.335. The molecule has 0 amide bonds. The van der Waals surface area contributed by atoms with E-state index in [1.54, 1.807) is 12.1 Å². The van der Waals surface area contributed by atoms with Crippen molar-refractivity contribution < 1.29 is 33.2 Å². The standard InChI is InChI=1S/C16H20F3NO4/c17-11-3-1-9(2-4-11)5-6-20-12-7-10(8-24-16(18)19)13(21)15(23)14(12)22/h1-4,7,12-16,20-23H,5-6,8H2/t12-,13+,14+,15+/m1/s1. The third-order valence-electron chi connectivity index (χ3n) is 3.90. The molecule has 0 aliphatic heterocycles. The van der Waals surface area contributed by atoms with E-state index in [-0.39, 0.29) is 11.4 Å². The van der Waals surface area contributed by atoms with Crippen LogP contribution in [0.1, 0.15) is 5.56 Å². The molecule has 0 heterocycles. The van der Waals surface area contributed by atoms with Gasteiger partial charge in [-0.3, -0.25) is 0 Å². The van der Waals surface area contributed by atoms with Crippen LogP contribution in [0.5, 0.6) is 0 Å². The highest BCUT2D eigenvalue weighted by Crippen LogP contribution is 2.21. The molecule has 0 radical (unpaired) electrons. The third kappa shape index (κ3) is 5.02. The largest absolute Gasteiger partial charge is 0.388 e. The SMILES string of the molecule is O[C@@H]1[C@@H](O)[C@@H](O)C(COC(F)F)=C[C@H]1NCCc1ccc(F)cc1. The van der Waals surface area contributed by atoms with Crippen LogP contribution in [0.4, 0.5) is 13.2 Å². The van der Waals surface area contributed by atoms with E-state index in [4.69, 9.17) is 0 Å². The van der Waals surface area contributed by atoms with Crippen LogP contribution in [0.25, 0.3) is 0 Å². The number of hydrogen-bond acceptors (Lipinski definition) is 5. The molecule has 0 saturated carbocycles. The number of alkyl halides is 2. The molecule has 8 heteroatoms. The fourth-order valence-electron chi connectivity index (χ4n) is 2.55. The Hall–Kier alpha value is -1.45. The molecule has 1 aromatic carbocycles. The Kier molecular flexibility index (Phi) is 6.76. The second-order valence-electron chi connectivity index (χ2n) is 5.60. The number of rotatable bonds is 7. The van der Waals surface area contributed by atoms with Gasteiger partial charge in [-0.15, -0.1) is 0 Å². The number of halogens is 3. The molecule has 5 nitrogen and oxygen atoms in total. The first kappa shape index (κ1) is 18.9. The molecule has 1 aliphatic rings. The van der Waals surface area contributed by atoms with Crippen LogP contribution in [-0.2, 0) is 11.2 Å². The number of aliphatic hydroxyl groups excluding tert-OH is 3. The Balaban J connectivity index is 1.94. The number of benzene rings is 1. The van der Waals surface area contributed by atoms with Crippen LogP contribution >= 0.6 is 0 Å². The Bertz CT molecular complexity index is 553. The molecule has 4 N–H and O–H groups in total. The van der Waals surface area contributed by atoms with Gasteiger partial charge in [-0.1, -0.05) is 18.2 Å². The zero-order valence-corrected chi connectivity index (χ0v) is 12.8.